The van der Waals surface area contributed by atoms with Gasteiger partial charge in [0.1, 0.15) is 5.56 Å². The normalized spacial score (nSPS) is 10.8. The highest BCUT2D eigenvalue weighted by Gasteiger charge is 2.15. The van der Waals surface area contributed by atoms with Gasteiger partial charge in [0.05, 0.1) is 23.0 Å². The molecule has 2 aromatic rings. The Morgan fingerprint density at radius 3 is 2.71 bits per heavy atom. The second kappa shape index (κ2) is 6.13. The highest BCUT2D eigenvalue weighted by atomic mass is 35.5. The van der Waals surface area contributed by atoms with E-state index in [1.807, 2.05) is 13.8 Å². The summed E-state index contributed by atoms with van der Waals surface area (Å²) in [5.41, 5.74) is 0.846. The zero-order valence-corrected chi connectivity index (χ0v) is 12.6. The molecule has 21 heavy (non-hydrogen) atoms. The van der Waals surface area contributed by atoms with Crippen LogP contribution >= 0.6 is 11.6 Å². The molecule has 1 N–H and O–H groups in total. The summed E-state index contributed by atoms with van der Waals surface area (Å²) in [7, 11) is 0. The fraction of sp³-hybridized carbons (Fsp3) is 0.357. The lowest BCUT2D eigenvalue weighted by atomic mass is 10.2. The van der Waals surface area contributed by atoms with E-state index in [2.05, 4.69) is 5.10 Å². The molecule has 0 amide bonds. The third-order valence-electron chi connectivity index (χ3n) is 3.23. The van der Waals surface area contributed by atoms with Crippen molar-refractivity contribution in [3.05, 3.63) is 50.7 Å². The van der Waals surface area contributed by atoms with Gasteiger partial charge in [0.15, 0.2) is 5.43 Å². The maximum Gasteiger partial charge on any atom is 0.341 e. The zero-order chi connectivity index (χ0) is 15.6. The average Bonchev–Trinajstić information content (AvgIpc) is 2.77. The predicted octanol–water partition coefficient (Wildman–Crippen LogP) is 2.03. The molecule has 0 saturated heterocycles. The van der Waals surface area contributed by atoms with Gasteiger partial charge in [-0.1, -0.05) is 18.5 Å². The average molecular weight is 310 g/mol. The number of hydrogen-bond donors (Lipinski definition) is 1. The van der Waals surface area contributed by atoms with Gasteiger partial charge in [-0.05, 0) is 13.3 Å². The molecule has 0 aliphatic carbocycles. The second-order valence-corrected chi connectivity index (χ2v) is 4.95. The number of rotatable bonds is 5. The Hall–Kier alpha value is -2.08. The molecule has 2 rings (SSSR count). The van der Waals surface area contributed by atoms with Crippen molar-refractivity contribution in [3.8, 4) is 0 Å². The van der Waals surface area contributed by atoms with E-state index in [0.717, 1.165) is 17.8 Å². The lowest BCUT2D eigenvalue weighted by Crippen LogP contribution is -2.17. The van der Waals surface area contributed by atoms with Crippen LogP contribution in [-0.4, -0.2) is 25.4 Å². The molecule has 6 nitrogen and oxygen atoms in total. The van der Waals surface area contributed by atoms with E-state index in [9.17, 15) is 9.59 Å². The van der Waals surface area contributed by atoms with Gasteiger partial charge in [-0.25, -0.2) is 4.79 Å². The Morgan fingerprint density at radius 1 is 1.43 bits per heavy atom. The highest BCUT2D eigenvalue weighted by molar-refractivity contribution is 6.31. The quantitative estimate of drug-likeness (QED) is 0.916. The Morgan fingerprint density at radius 2 is 2.14 bits per heavy atom. The summed E-state index contributed by atoms with van der Waals surface area (Å²) in [5, 5.41) is 14.0. The first kappa shape index (κ1) is 15.3. The highest BCUT2D eigenvalue weighted by Crippen LogP contribution is 2.22. The summed E-state index contributed by atoms with van der Waals surface area (Å²) >= 11 is 6.32. The summed E-state index contributed by atoms with van der Waals surface area (Å²) in [6.07, 6.45) is 3.59. The maximum absolute atomic E-state index is 11.5. The van der Waals surface area contributed by atoms with Crippen molar-refractivity contribution in [3.63, 3.8) is 0 Å². The number of pyridine rings is 1. The monoisotopic (exact) mass is 309 g/mol. The van der Waals surface area contributed by atoms with Crippen molar-refractivity contribution in [2.24, 2.45) is 0 Å². The molecule has 0 unspecified atom stereocenters. The van der Waals surface area contributed by atoms with Gasteiger partial charge in [-0.3, -0.25) is 9.48 Å². The van der Waals surface area contributed by atoms with Crippen molar-refractivity contribution in [1.29, 1.82) is 0 Å². The SMILES string of the molecule is CCc1nn(CC)c(Cn2ccc(=O)c(C(=O)O)c2)c1Cl. The van der Waals surface area contributed by atoms with E-state index < -0.39 is 11.4 Å². The molecule has 0 bridgehead atoms. The molecule has 0 aliphatic heterocycles. The molecule has 7 heteroatoms. The molecule has 2 aromatic heterocycles. The summed E-state index contributed by atoms with van der Waals surface area (Å²) in [6, 6.07) is 1.24. The van der Waals surface area contributed by atoms with Crippen molar-refractivity contribution in [1.82, 2.24) is 14.3 Å². The second-order valence-electron chi connectivity index (χ2n) is 4.58. The van der Waals surface area contributed by atoms with Crippen LogP contribution in [0.15, 0.2) is 23.3 Å². The van der Waals surface area contributed by atoms with Crippen molar-refractivity contribution >= 4 is 17.6 Å². The minimum absolute atomic E-state index is 0.257. The van der Waals surface area contributed by atoms with E-state index in [-0.39, 0.29) is 5.56 Å². The Bertz CT molecular complexity index is 734. The fourth-order valence-electron chi connectivity index (χ4n) is 2.13. The minimum Gasteiger partial charge on any atom is -0.477 e. The van der Waals surface area contributed by atoms with Crippen LogP contribution in [0.3, 0.4) is 0 Å². The molecule has 0 atom stereocenters. The number of nitrogens with zero attached hydrogens (tertiary/aromatic N) is 3. The van der Waals surface area contributed by atoms with E-state index in [1.165, 1.54) is 12.3 Å². The standard InChI is InChI=1S/C14H16ClN3O3/c1-3-10-13(15)11(18(4-2)16-10)8-17-6-5-12(19)9(7-17)14(20)21/h5-7H,3-4,8H2,1-2H3,(H,20,21). The van der Waals surface area contributed by atoms with Gasteiger partial charge in [-0.15, -0.1) is 0 Å². The Balaban J connectivity index is 2.43. The van der Waals surface area contributed by atoms with Gasteiger partial charge >= 0.3 is 5.97 Å². The third kappa shape index (κ3) is 3.00. The minimum atomic E-state index is -1.24. The number of halogens is 1. The van der Waals surface area contributed by atoms with Crippen LogP contribution in [0.1, 0.15) is 35.6 Å². The van der Waals surface area contributed by atoms with E-state index >= 15 is 0 Å². The van der Waals surface area contributed by atoms with Crippen LogP contribution in [0.2, 0.25) is 5.02 Å². The summed E-state index contributed by atoms with van der Waals surface area (Å²) in [5.74, 6) is -1.24. The van der Waals surface area contributed by atoms with Crippen molar-refractivity contribution in [2.75, 3.05) is 0 Å². The summed E-state index contributed by atoms with van der Waals surface area (Å²) in [6.45, 7) is 4.96. The van der Waals surface area contributed by atoms with E-state index in [1.54, 1.807) is 15.4 Å². The molecule has 112 valence electrons. The number of carbonyl (C=O) groups is 1. The van der Waals surface area contributed by atoms with E-state index in [0.29, 0.717) is 18.1 Å². The number of carboxylic acid groups (broad SMARTS) is 1. The molecule has 0 radical (unpaired) electrons. The zero-order valence-electron chi connectivity index (χ0n) is 11.8. The van der Waals surface area contributed by atoms with Gasteiger partial charge in [0, 0.05) is 25.0 Å². The lowest BCUT2D eigenvalue weighted by Gasteiger charge is -2.09. The van der Waals surface area contributed by atoms with Crippen LogP contribution in [0.5, 0.6) is 0 Å². The van der Waals surface area contributed by atoms with Gasteiger partial charge in [-0.2, -0.15) is 5.10 Å². The van der Waals surface area contributed by atoms with Gasteiger partial charge in [0.2, 0.25) is 0 Å². The van der Waals surface area contributed by atoms with Crippen LogP contribution in [0.4, 0.5) is 0 Å². The Kier molecular flexibility index (Phi) is 4.47. The molecular weight excluding hydrogens is 294 g/mol. The first-order chi connectivity index (χ1) is 9.97. The number of hydrogen-bond acceptors (Lipinski definition) is 3. The molecule has 0 aromatic carbocycles. The van der Waals surface area contributed by atoms with Gasteiger partial charge < -0.3 is 9.67 Å². The van der Waals surface area contributed by atoms with Gasteiger partial charge in [0.25, 0.3) is 0 Å². The van der Waals surface area contributed by atoms with E-state index in [4.69, 9.17) is 16.7 Å². The molecule has 0 aliphatic rings. The summed E-state index contributed by atoms with van der Waals surface area (Å²) < 4.78 is 3.42. The lowest BCUT2D eigenvalue weighted by molar-refractivity contribution is 0.0694. The van der Waals surface area contributed by atoms with Crippen LogP contribution in [-0.2, 0) is 19.5 Å². The third-order valence-corrected chi connectivity index (χ3v) is 3.67. The number of aryl methyl sites for hydroxylation is 2. The van der Waals surface area contributed by atoms with Crippen molar-refractivity contribution < 1.29 is 9.90 Å². The number of carboxylic acids is 1. The van der Waals surface area contributed by atoms with Crippen LogP contribution in [0.25, 0.3) is 0 Å². The van der Waals surface area contributed by atoms with Crippen molar-refractivity contribution in [2.45, 2.75) is 33.4 Å². The summed E-state index contributed by atoms with van der Waals surface area (Å²) in [4.78, 5) is 22.5. The maximum atomic E-state index is 11.5. The van der Waals surface area contributed by atoms with Crippen LogP contribution < -0.4 is 5.43 Å². The first-order valence-corrected chi connectivity index (χ1v) is 7.03. The Labute approximate surface area is 126 Å². The largest absolute Gasteiger partial charge is 0.477 e. The fourth-order valence-corrected chi connectivity index (χ4v) is 2.45. The topological polar surface area (TPSA) is 77.1 Å². The van der Waals surface area contributed by atoms with Crippen LogP contribution in [0, 0.1) is 0 Å². The molecule has 0 fully saturated rings. The molecule has 2 heterocycles. The molecular formula is C14H16ClN3O3. The predicted molar refractivity (Wildman–Crippen MR) is 79.1 cm³/mol. The molecule has 0 spiro atoms. The molecule has 0 saturated carbocycles. The number of aromatic nitrogens is 3. The first-order valence-electron chi connectivity index (χ1n) is 6.65. The number of aromatic carboxylic acids is 1. The smallest absolute Gasteiger partial charge is 0.341 e.